The summed E-state index contributed by atoms with van der Waals surface area (Å²) in [5.74, 6) is 0.315. The maximum Gasteiger partial charge on any atom is 0.435 e. The molecule has 0 aliphatic carbocycles. The van der Waals surface area contributed by atoms with Crippen LogP contribution < -0.4 is 5.32 Å². The van der Waals surface area contributed by atoms with E-state index in [0.717, 1.165) is 11.8 Å². The number of alkyl halides is 3. The second kappa shape index (κ2) is 5.25. The minimum absolute atomic E-state index is 0.315. The first kappa shape index (κ1) is 13.3. The fourth-order valence-electron chi connectivity index (χ4n) is 1.54. The Labute approximate surface area is 107 Å². The third kappa shape index (κ3) is 3.43. The molecule has 0 unspecified atom stereocenters. The molecule has 0 aromatic carbocycles. The van der Waals surface area contributed by atoms with Gasteiger partial charge in [-0.15, -0.1) is 10.2 Å². The van der Waals surface area contributed by atoms with Crippen molar-refractivity contribution in [1.29, 1.82) is 0 Å². The molecule has 0 bridgehead atoms. The summed E-state index contributed by atoms with van der Waals surface area (Å²) < 4.78 is 38.5. The lowest BCUT2D eigenvalue weighted by Gasteiger charge is -2.07. The zero-order chi connectivity index (χ0) is 13.9. The van der Waals surface area contributed by atoms with Gasteiger partial charge in [0.1, 0.15) is 5.82 Å². The van der Waals surface area contributed by atoms with Gasteiger partial charge in [-0.2, -0.15) is 18.3 Å². The Morgan fingerprint density at radius 1 is 1.21 bits per heavy atom. The molecular weight excluding hydrogens is 259 g/mol. The Morgan fingerprint density at radius 2 is 2.00 bits per heavy atom. The van der Waals surface area contributed by atoms with Crippen LogP contribution in [0.3, 0.4) is 0 Å². The average Bonchev–Trinajstić information content (AvgIpc) is 2.75. The van der Waals surface area contributed by atoms with Crippen LogP contribution in [0.2, 0.25) is 0 Å². The van der Waals surface area contributed by atoms with Crippen LogP contribution in [-0.4, -0.2) is 26.5 Å². The highest BCUT2D eigenvalue weighted by molar-refractivity contribution is 5.33. The van der Waals surface area contributed by atoms with Crippen LogP contribution >= 0.6 is 0 Å². The van der Waals surface area contributed by atoms with E-state index >= 15 is 0 Å². The summed E-state index contributed by atoms with van der Waals surface area (Å²) in [7, 11) is 1.83. The minimum atomic E-state index is -4.46. The second-order valence-electron chi connectivity index (χ2n) is 3.92. The molecule has 0 aliphatic heterocycles. The van der Waals surface area contributed by atoms with Crippen molar-refractivity contribution in [2.24, 2.45) is 7.05 Å². The Bertz CT molecular complexity index is 532. The fraction of sp³-hybridized carbons (Fsp3) is 0.364. The van der Waals surface area contributed by atoms with E-state index in [2.05, 4.69) is 20.6 Å². The lowest BCUT2D eigenvalue weighted by Crippen LogP contribution is -2.12. The van der Waals surface area contributed by atoms with Gasteiger partial charge < -0.3 is 5.32 Å². The van der Waals surface area contributed by atoms with Crippen molar-refractivity contribution in [1.82, 2.24) is 20.0 Å². The van der Waals surface area contributed by atoms with Crippen molar-refractivity contribution in [2.45, 2.75) is 12.6 Å². The Kier molecular flexibility index (Phi) is 3.68. The molecule has 19 heavy (non-hydrogen) atoms. The molecule has 5 nitrogen and oxygen atoms in total. The molecule has 2 aromatic rings. The molecule has 0 saturated carbocycles. The monoisotopic (exact) mass is 271 g/mol. The van der Waals surface area contributed by atoms with Gasteiger partial charge in [-0.3, -0.25) is 4.68 Å². The van der Waals surface area contributed by atoms with E-state index in [0.29, 0.717) is 18.8 Å². The summed E-state index contributed by atoms with van der Waals surface area (Å²) in [6.07, 6.45) is -2.08. The summed E-state index contributed by atoms with van der Waals surface area (Å²) in [4.78, 5) is 0. The molecule has 0 saturated heterocycles. The predicted molar refractivity (Wildman–Crippen MR) is 62.4 cm³/mol. The molecule has 2 rings (SSSR count). The molecule has 2 heterocycles. The van der Waals surface area contributed by atoms with Crippen molar-refractivity contribution in [3.05, 3.63) is 35.8 Å². The molecule has 0 atom stereocenters. The summed E-state index contributed by atoms with van der Waals surface area (Å²) in [6, 6.07) is 4.04. The SMILES string of the molecule is Cn1nccc1CCNc1ccc(C(F)(F)F)nn1. The van der Waals surface area contributed by atoms with Gasteiger partial charge in [-0.05, 0) is 18.2 Å². The fourth-order valence-corrected chi connectivity index (χ4v) is 1.54. The number of hydrogen-bond donors (Lipinski definition) is 1. The van der Waals surface area contributed by atoms with Crippen LogP contribution in [0.4, 0.5) is 19.0 Å². The lowest BCUT2D eigenvalue weighted by molar-refractivity contribution is -0.141. The first-order valence-corrected chi connectivity index (χ1v) is 5.58. The summed E-state index contributed by atoms with van der Waals surface area (Å²) >= 11 is 0. The third-order valence-corrected chi connectivity index (χ3v) is 2.56. The topological polar surface area (TPSA) is 55.6 Å². The number of nitrogens with one attached hydrogen (secondary N) is 1. The molecule has 0 spiro atoms. The van der Waals surface area contributed by atoms with E-state index in [1.165, 1.54) is 6.07 Å². The number of nitrogens with zero attached hydrogens (tertiary/aromatic N) is 4. The van der Waals surface area contributed by atoms with Gasteiger partial charge in [-0.1, -0.05) is 0 Å². The molecule has 1 N–H and O–H groups in total. The van der Waals surface area contributed by atoms with E-state index in [1.54, 1.807) is 10.9 Å². The van der Waals surface area contributed by atoms with Gasteiger partial charge in [-0.25, -0.2) is 0 Å². The van der Waals surface area contributed by atoms with Crippen molar-refractivity contribution in [3.63, 3.8) is 0 Å². The molecule has 0 amide bonds. The Balaban J connectivity index is 1.89. The first-order valence-electron chi connectivity index (χ1n) is 5.58. The highest BCUT2D eigenvalue weighted by atomic mass is 19.4. The van der Waals surface area contributed by atoms with Gasteiger partial charge in [0.05, 0.1) is 0 Å². The maximum atomic E-state index is 12.3. The quantitative estimate of drug-likeness (QED) is 0.922. The van der Waals surface area contributed by atoms with Crippen molar-refractivity contribution < 1.29 is 13.2 Å². The van der Waals surface area contributed by atoms with Crippen LogP contribution in [0.15, 0.2) is 24.4 Å². The highest BCUT2D eigenvalue weighted by Gasteiger charge is 2.32. The van der Waals surface area contributed by atoms with E-state index in [1.807, 2.05) is 13.1 Å². The highest BCUT2D eigenvalue weighted by Crippen LogP contribution is 2.26. The van der Waals surface area contributed by atoms with Crippen LogP contribution in [0.25, 0.3) is 0 Å². The van der Waals surface area contributed by atoms with Gasteiger partial charge in [0.15, 0.2) is 5.69 Å². The van der Waals surface area contributed by atoms with Crippen molar-refractivity contribution in [3.8, 4) is 0 Å². The number of aromatic nitrogens is 4. The van der Waals surface area contributed by atoms with Crippen LogP contribution in [0.1, 0.15) is 11.4 Å². The van der Waals surface area contributed by atoms with Gasteiger partial charge >= 0.3 is 6.18 Å². The number of anilines is 1. The van der Waals surface area contributed by atoms with E-state index in [4.69, 9.17) is 0 Å². The molecule has 0 fully saturated rings. The van der Waals surface area contributed by atoms with Gasteiger partial charge in [0, 0.05) is 31.9 Å². The predicted octanol–water partition coefficient (Wildman–Crippen LogP) is 1.88. The average molecular weight is 271 g/mol. The molecule has 0 radical (unpaired) electrons. The van der Waals surface area contributed by atoms with Gasteiger partial charge in [0.2, 0.25) is 0 Å². The second-order valence-corrected chi connectivity index (χ2v) is 3.92. The molecule has 8 heteroatoms. The number of hydrogen-bond acceptors (Lipinski definition) is 4. The molecule has 102 valence electrons. The molecule has 0 aliphatic rings. The van der Waals surface area contributed by atoms with Crippen LogP contribution in [0, 0.1) is 0 Å². The minimum Gasteiger partial charge on any atom is -0.368 e. The van der Waals surface area contributed by atoms with E-state index < -0.39 is 11.9 Å². The first-order chi connectivity index (χ1) is 8.97. The lowest BCUT2D eigenvalue weighted by atomic mass is 10.3. The van der Waals surface area contributed by atoms with Crippen molar-refractivity contribution in [2.75, 3.05) is 11.9 Å². The standard InChI is InChI=1S/C11H12F3N5/c1-19-8(5-7-16-19)4-6-15-10-3-2-9(17-18-10)11(12,13)14/h2-3,5,7H,4,6H2,1H3,(H,15,18). The smallest absolute Gasteiger partial charge is 0.368 e. The molecular formula is C11H12F3N5. The normalized spacial score (nSPS) is 11.6. The van der Waals surface area contributed by atoms with E-state index in [9.17, 15) is 13.2 Å². The zero-order valence-electron chi connectivity index (χ0n) is 10.1. The summed E-state index contributed by atoms with van der Waals surface area (Å²) in [6.45, 7) is 0.541. The maximum absolute atomic E-state index is 12.3. The zero-order valence-corrected chi connectivity index (χ0v) is 10.1. The van der Waals surface area contributed by atoms with Crippen LogP contribution in [0.5, 0.6) is 0 Å². The number of rotatable bonds is 4. The largest absolute Gasteiger partial charge is 0.435 e. The summed E-state index contributed by atoms with van der Waals surface area (Å²) in [5, 5.41) is 13.5. The third-order valence-electron chi connectivity index (χ3n) is 2.56. The van der Waals surface area contributed by atoms with E-state index in [-0.39, 0.29) is 0 Å². The molecule has 2 aromatic heterocycles. The summed E-state index contributed by atoms with van der Waals surface area (Å²) in [5.41, 5.74) is 0.0251. The van der Waals surface area contributed by atoms with Gasteiger partial charge in [0.25, 0.3) is 0 Å². The Hall–Kier alpha value is -2.12. The Morgan fingerprint density at radius 3 is 2.53 bits per heavy atom. The number of halogens is 3. The van der Waals surface area contributed by atoms with Crippen molar-refractivity contribution >= 4 is 5.82 Å². The van der Waals surface area contributed by atoms with Crippen LogP contribution in [-0.2, 0) is 19.6 Å². The number of aryl methyl sites for hydroxylation is 1.